The smallest absolute Gasteiger partial charge is 0.233 e. The predicted octanol–water partition coefficient (Wildman–Crippen LogP) is 2.12. The number of thiophene rings is 1. The zero-order valence-corrected chi connectivity index (χ0v) is 17.2. The van der Waals surface area contributed by atoms with E-state index in [9.17, 15) is 4.79 Å². The van der Waals surface area contributed by atoms with Crippen LogP contribution < -0.4 is 4.90 Å². The van der Waals surface area contributed by atoms with Crippen LogP contribution in [0.1, 0.15) is 4.88 Å². The summed E-state index contributed by atoms with van der Waals surface area (Å²) in [6.07, 6.45) is 1.61. The minimum absolute atomic E-state index is 0.201. The number of fused-ring (bicyclic) bond motifs is 1. The normalized spacial score (nSPS) is 15.4. The maximum atomic E-state index is 12.6. The van der Waals surface area contributed by atoms with Crippen LogP contribution in [0.4, 0.5) is 0 Å². The zero-order chi connectivity index (χ0) is 18.8. The number of hydrogen-bond acceptors (Lipinski definition) is 5. The van der Waals surface area contributed by atoms with Gasteiger partial charge >= 0.3 is 0 Å². The number of carbonyl (C=O) groups excluding carboxylic acids is 1. The molecule has 1 fully saturated rings. The standard InChI is InChI=1S/C20H22N4OS2/c1-14-17(15-6-4-3-5-7-15)18-19(21-13-22-20(18)27-14)26-12-16(25)24-10-8-23(2)9-11-24/h3-7,13H,8-12H2,1-2H3/p+1. The van der Waals surface area contributed by atoms with Crippen molar-refractivity contribution < 1.29 is 9.69 Å². The molecular formula is C20H23N4OS2+. The Morgan fingerprint density at radius 1 is 1.22 bits per heavy atom. The van der Waals surface area contributed by atoms with E-state index in [2.05, 4.69) is 36.1 Å². The molecule has 2 aromatic heterocycles. The summed E-state index contributed by atoms with van der Waals surface area (Å²) in [6.45, 7) is 5.86. The van der Waals surface area contributed by atoms with Crippen LogP contribution in [-0.4, -0.2) is 59.8 Å². The molecule has 5 nitrogen and oxygen atoms in total. The molecule has 0 saturated carbocycles. The minimum atomic E-state index is 0.201. The highest BCUT2D eigenvalue weighted by atomic mass is 32.2. The van der Waals surface area contributed by atoms with Crippen molar-refractivity contribution in [1.82, 2.24) is 14.9 Å². The lowest BCUT2D eigenvalue weighted by Gasteiger charge is -2.30. The van der Waals surface area contributed by atoms with E-state index in [0.717, 1.165) is 41.4 Å². The average molecular weight is 400 g/mol. The molecule has 1 saturated heterocycles. The molecule has 0 atom stereocenters. The first-order valence-electron chi connectivity index (χ1n) is 9.15. The van der Waals surface area contributed by atoms with Crippen molar-refractivity contribution in [1.29, 1.82) is 0 Å². The maximum absolute atomic E-state index is 12.6. The molecular weight excluding hydrogens is 376 g/mol. The van der Waals surface area contributed by atoms with E-state index >= 15 is 0 Å². The summed E-state index contributed by atoms with van der Waals surface area (Å²) >= 11 is 3.22. The second-order valence-electron chi connectivity index (χ2n) is 6.88. The lowest BCUT2D eigenvalue weighted by molar-refractivity contribution is -0.883. The van der Waals surface area contributed by atoms with Gasteiger partial charge in [0.2, 0.25) is 5.91 Å². The molecule has 27 heavy (non-hydrogen) atoms. The van der Waals surface area contributed by atoms with Gasteiger partial charge in [0, 0.05) is 10.4 Å². The Labute approximate surface area is 167 Å². The summed E-state index contributed by atoms with van der Waals surface area (Å²) in [4.78, 5) is 27.3. The SMILES string of the molecule is Cc1sc2ncnc(SCC(=O)N3CC[NH+](C)CC3)c2c1-c1ccccc1. The summed E-state index contributed by atoms with van der Waals surface area (Å²) in [5, 5.41) is 1.98. The molecule has 3 heterocycles. The lowest BCUT2D eigenvalue weighted by Crippen LogP contribution is -3.12. The van der Waals surface area contributed by atoms with E-state index in [1.807, 2.05) is 23.1 Å². The van der Waals surface area contributed by atoms with Crippen LogP contribution in [0, 0.1) is 6.92 Å². The molecule has 1 N–H and O–H groups in total. The van der Waals surface area contributed by atoms with E-state index in [0.29, 0.717) is 5.75 Å². The third kappa shape index (κ3) is 3.85. The molecule has 0 spiro atoms. The van der Waals surface area contributed by atoms with Crippen molar-refractivity contribution in [2.24, 2.45) is 0 Å². The van der Waals surface area contributed by atoms with E-state index in [1.165, 1.54) is 32.7 Å². The van der Waals surface area contributed by atoms with Crippen molar-refractivity contribution >= 4 is 39.2 Å². The van der Waals surface area contributed by atoms with Crippen LogP contribution in [0.5, 0.6) is 0 Å². The number of rotatable bonds is 4. The number of piperazine rings is 1. The fourth-order valence-corrected chi connectivity index (χ4v) is 5.42. The molecule has 1 aromatic carbocycles. The molecule has 0 radical (unpaired) electrons. The lowest BCUT2D eigenvalue weighted by atomic mass is 10.0. The number of hydrogen-bond donors (Lipinski definition) is 1. The third-order valence-corrected chi connectivity index (χ3v) is 6.98. The fourth-order valence-electron chi connectivity index (χ4n) is 3.44. The summed E-state index contributed by atoms with van der Waals surface area (Å²) < 4.78 is 0. The van der Waals surface area contributed by atoms with Gasteiger partial charge in [-0.05, 0) is 12.5 Å². The van der Waals surface area contributed by atoms with Gasteiger partial charge < -0.3 is 9.80 Å². The number of amides is 1. The highest BCUT2D eigenvalue weighted by molar-refractivity contribution is 8.00. The van der Waals surface area contributed by atoms with Crippen molar-refractivity contribution in [3.8, 4) is 11.1 Å². The summed E-state index contributed by atoms with van der Waals surface area (Å²) in [6, 6.07) is 10.4. The number of thioether (sulfide) groups is 1. The van der Waals surface area contributed by atoms with E-state index in [1.54, 1.807) is 17.7 Å². The molecule has 0 unspecified atom stereocenters. The number of nitrogens with zero attached hydrogens (tertiary/aromatic N) is 3. The molecule has 0 bridgehead atoms. The van der Waals surface area contributed by atoms with E-state index in [4.69, 9.17) is 0 Å². The van der Waals surface area contributed by atoms with Gasteiger partial charge in [-0.25, -0.2) is 9.97 Å². The number of carbonyl (C=O) groups is 1. The summed E-state index contributed by atoms with van der Waals surface area (Å²) in [5.74, 6) is 0.626. The fraction of sp³-hybridized carbons (Fsp3) is 0.350. The van der Waals surface area contributed by atoms with E-state index < -0.39 is 0 Å². The Bertz CT molecular complexity index is 949. The molecule has 7 heteroatoms. The van der Waals surface area contributed by atoms with Gasteiger partial charge in [0.15, 0.2) is 0 Å². The monoisotopic (exact) mass is 399 g/mol. The Morgan fingerprint density at radius 2 is 1.96 bits per heavy atom. The van der Waals surface area contributed by atoms with Crippen LogP contribution in [0.2, 0.25) is 0 Å². The second kappa shape index (κ2) is 7.96. The second-order valence-corrected chi connectivity index (χ2v) is 9.05. The predicted molar refractivity (Wildman–Crippen MR) is 112 cm³/mol. The first-order chi connectivity index (χ1) is 13.1. The molecule has 1 aliphatic heterocycles. The van der Waals surface area contributed by atoms with Gasteiger partial charge in [-0.1, -0.05) is 42.1 Å². The van der Waals surface area contributed by atoms with Crippen LogP contribution in [0.15, 0.2) is 41.7 Å². The van der Waals surface area contributed by atoms with E-state index in [-0.39, 0.29) is 5.91 Å². The maximum Gasteiger partial charge on any atom is 0.233 e. The number of aryl methyl sites for hydroxylation is 1. The topological polar surface area (TPSA) is 50.5 Å². The van der Waals surface area contributed by atoms with Crippen molar-refractivity contribution in [2.45, 2.75) is 11.9 Å². The van der Waals surface area contributed by atoms with Gasteiger partial charge in [0.1, 0.15) is 16.2 Å². The van der Waals surface area contributed by atoms with Gasteiger partial charge in [0.25, 0.3) is 0 Å². The van der Waals surface area contributed by atoms with Gasteiger partial charge in [0.05, 0.1) is 44.4 Å². The van der Waals surface area contributed by atoms with Gasteiger partial charge in [-0.3, -0.25) is 4.79 Å². The van der Waals surface area contributed by atoms with Gasteiger partial charge in [-0.2, -0.15) is 0 Å². The third-order valence-electron chi connectivity index (χ3n) is 4.99. The Kier molecular flexibility index (Phi) is 5.43. The molecule has 1 aliphatic rings. The van der Waals surface area contributed by atoms with Crippen LogP contribution in [-0.2, 0) is 4.79 Å². The first-order valence-corrected chi connectivity index (χ1v) is 10.9. The highest BCUT2D eigenvalue weighted by Gasteiger charge is 2.22. The quantitative estimate of drug-likeness (QED) is 0.539. The highest BCUT2D eigenvalue weighted by Crippen LogP contribution is 2.41. The molecule has 0 aliphatic carbocycles. The molecule has 4 rings (SSSR count). The minimum Gasteiger partial charge on any atom is -0.334 e. The number of aromatic nitrogens is 2. The average Bonchev–Trinajstić information content (AvgIpc) is 3.03. The van der Waals surface area contributed by atoms with Crippen molar-refractivity contribution in [3.05, 3.63) is 41.5 Å². The van der Waals surface area contributed by atoms with Crippen LogP contribution in [0.25, 0.3) is 21.3 Å². The molecule has 140 valence electrons. The summed E-state index contributed by atoms with van der Waals surface area (Å²) in [5.41, 5.74) is 2.36. The number of benzene rings is 1. The largest absolute Gasteiger partial charge is 0.334 e. The number of quaternary nitrogens is 1. The Hall–Kier alpha value is -1.96. The summed E-state index contributed by atoms with van der Waals surface area (Å²) in [7, 11) is 2.18. The van der Waals surface area contributed by atoms with Crippen molar-refractivity contribution in [2.75, 3.05) is 39.0 Å². The van der Waals surface area contributed by atoms with Crippen LogP contribution in [0.3, 0.4) is 0 Å². The van der Waals surface area contributed by atoms with Crippen LogP contribution >= 0.6 is 23.1 Å². The first kappa shape index (κ1) is 18.4. The molecule has 3 aromatic rings. The zero-order valence-electron chi connectivity index (χ0n) is 15.6. The Balaban J connectivity index is 1.60. The van der Waals surface area contributed by atoms with Crippen molar-refractivity contribution in [3.63, 3.8) is 0 Å². The number of nitrogens with one attached hydrogen (secondary N) is 1. The molecule has 1 amide bonds. The number of likely N-dealkylation sites (N-methyl/N-ethyl adjacent to an activating group) is 1. The van der Waals surface area contributed by atoms with Gasteiger partial charge in [-0.15, -0.1) is 11.3 Å². The Morgan fingerprint density at radius 3 is 2.70 bits per heavy atom.